The molecule has 3 rings (SSSR count). The number of nitrogens with two attached hydrogens (primary N) is 1. The van der Waals surface area contributed by atoms with E-state index in [-0.39, 0.29) is 16.0 Å². The summed E-state index contributed by atoms with van der Waals surface area (Å²) in [5.41, 5.74) is 2.91. The minimum absolute atomic E-state index is 0.0715. The number of hydrogen-bond donors (Lipinski definition) is 3. The molecule has 2 aromatic heterocycles. The molecule has 0 aliphatic heterocycles. The average molecular weight is 344 g/mol. The molecule has 1 aromatic carbocycles. The van der Waals surface area contributed by atoms with E-state index in [0.717, 1.165) is 10.2 Å². The van der Waals surface area contributed by atoms with Crippen LogP contribution < -0.4 is 16.6 Å². The molecule has 108 valence electrons. The van der Waals surface area contributed by atoms with Crippen molar-refractivity contribution in [3.05, 3.63) is 39.4 Å². The summed E-state index contributed by atoms with van der Waals surface area (Å²) in [4.78, 5) is 9.23. The zero-order valence-corrected chi connectivity index (χ0v) is 12.7. The number of anilines is 3. The van der Waals surface area contributed by atoms with Crippen LogP contribution in [0.4, 0.5) is 21.8 Å². The second-order valence-corrected chi connectivity index (χ2v) is 5.77. The van der Waals surface area contributed by atoms with Crippen molar-refractivity contribution in [3.8, 4) is 0 Å². The highest BCUT2D eigenvalue weighted by atomic mass is 35.5. The Morgan fingerprint density at radius 3 is 2.57 bits per heavy atom. The number of nitrogens with one attached hydrogen (secondary N) is 2. The largest absolute Gasteiger partial charge is 0.339 e. The zero-order chi connectivity index (χ0) is 15.0. The first-order chi connectivity index (χ1) is 10.1. The molecule has 3 aromatic rings. The molecule has 5 nitrogen and oxygen atoms in total. The van der Waals surface area contributed by atoms with Gasteiger partial charge < -0.3 is 5.32 Å². The first-order valence-corrected chi connectivity index (χ1v) is 7.35. The molecule has 4 N–H and O–H groups in total. The van der Waals surface area contributed by atoms with Crippen LogP contribution in [0, 0.1) is 5.82 Å². The Labute approximate surface area is 132 Å². The fourth-order valence-electron chi connectivity index (χ4n) is 1.78. The number of thiophene rings is 1. The first-order valence-electron chi connectivity index (χ1n) is 5.72. The van der Waals surface area contributed by atoms with E-state index >= 15 is 0 Å². The number of aromatic nitrogens is 2. The lowest BCUT2D eigenvalue weighted by Crippen LogP contribution is -2.11. The van der Waals surface area contributed by atoms with Crippen LogP contribution in [0.25, 0.3) is 10.2 Å². The summed E-state index contributed by atoms with van der Waals surface area (Å²) >= 11 is 13.0. The van der Waals surface area contributed by atoms with Gasteiger partial charge in [0.15, 0.2) is 5.82 Å². The summed E-state index contributed by atoms with van der Waals surface area (Å²) in [6.07, 6.45) is 0. The van der Waals surface area contributed by atoms with Crippen molar-refractivity contribution < 1.29 is 4.39 Å². The van der Waals surface area contributed by atoms with Gasteiger partial charge in [-0.05, 0) is 23.6 Å². The second-order valence-electron chi connectivity index (χ2n) is 4.06. The monoisotopic (exact) mass is 343 g/mol. The normalized spacial score (nSPS) is 10.9. The highest BCUT2D eigenvalue weighted by Gasteiger charge is 2.12. The van der Waals surface area contributed by atoms with Crippen molar-refractivity contribution in [1.29, 1.82) is 0 Å². The van der Waals surface area contributed by atoms with Crippen LogP contribution in [0.2, 0.25) is 10.0 Å². The molecule has 21 heavy (non-hydrogen) atoms. The Bertz CT molecular complexity index is 800. The van der Waals surface area contributed by atoms with Crippen molar-refractivity contribution in [3.63, 3.8) is 0 Å². The van der Waals surface area contributed by atoms with Gasteiger partial charge in [0.05, 0.1) is 15.4 Å². The molecule has 0 aliphatic rings. The molecule has 0 radical (unpaired) electrons. The molecule has 0 spiro atoms. The third-order valence-electron chi connectivity index (χ3n) is 2.70. The minimum atomic E-state index is -0.656. The quantitative estimate of drug-likeness (QED) is 0.378. The second kappa shape index (κ2) is 5.61. The summed E-state index contributed by atoms with van der Waals surface area (Å²) in [5.74, 6) is 5.49. The van der Waals surface area contributed by atoms with Gasteiger partial charge in [0, 0.05) is 5.69 Å². The summed E-state index contributed by atoms with van der Waals surface area (Å²) in [6, 6.07) is 4.73. The van der Waals surface area contributed by atoms with E-state index in [1.165, 1.54) is 23.5 Å². The Hall–Kier alpha value is -1.67. The highest BCUT2D eigenvalue weighted by molar-refractivity contribution is 7.16. The van der Waals surface area contributed by atoms with Crippen LogP contribution in [0.5, 0.6) is 0 Å². The molecule has 0 aliphatic carbocycles. The van der Waals surface area contributed by atoms with E-state index < -0.39 is 5.82 Å². The minimum Gasteiger partial charge on any atom is -0.339 e. The SMILES string of the molecule is NNc1nc(Nc2cc(Cl)c(F)c(Cl)c2)c2ccsc2n1. The van der Waals surface area contributed by atoms with Crippen molar-refractivity contribution in [2.75, 3.05) is 10.7 Å². The molecule has 0 saturated carbocycles. The van der Waals surface area contributed by atoms with Gasteiger partial charge in [-0.25, -0.2) is 15.2 Å². The molecule has 0 bridgehead atoms. The Morgan fingerprint density at radius 1 is 1.19 bits per heavy atom. The van der Waals surface area contributed by atoms with E-state index in [1.807, 2.05) is 11.4 Å². The third-order valence-corrected chi connectivity index (χ3v) is 4.06. The number of fused-ring (bicyclic) bond motifs is 1. The lowest BCUT2D eigenvalue weighted by molar-refractivity contribution is 0.629. The number of nitrogens with zero attached hydrogens (tertiary/aromatic N) is 2. The van der Waals surface area contributed by atoms with Gasteiger partial charge in [0.1, 0.15) is 10.6 Å². The average Bonchev–Trinajstić information content (AvgIpc) is 2.93. The predicted octanol–water partition coefficient (Wildman–Crippen LogP) is 4.17. The Kier molecular flexibility index (Phi) is 3.81. The number of nitrogen functional groups attached to an aromatic ring is 1. The van der Waals surface area contributed by atoms with Gasteiger partial charge >= 0.3 is 0 Å². The molecule has 0 amide bonds. The smallest absolute Gasteiger partial charge is 0.240 e. The molecular formula is C12H8Cl2FN5S. The maximum atomic E-state index is 13.4. The fraction of sp³-hybridized carbons (Fsp3) is 0. The van der Waals surface area contributed by atoms with E-state index in [1.54, 1.807) is 0 Å². The first kappa shape index (κ1) is 14.3. The molecular weight excluding hydrogens is 336 g/mol. The van der Waals surface area contributed by atoms with E-state index in [9.17, 15) is 4.39 Å². The lowest BCUT2D eigenvalue weighted by atomic mass is 10.3. The Balaban J connectivity index is 2.07. The molecule has 0 fully saturated rings. The van der Waals surface area contributed by atoms with Gasteiger partial charge in [-0.3, -0.25) is 5.43 Å². The van der Waals surface area contributed by atoms with Crippen LogP contribution in [0.15, 0.2) is 23.6 Å². The summed E-state index contributed by atoms with van der Waals surface area (Å²) in [5, 5.41) is 5.60. The summed E-state index contributed by atoms with van der Waals surface area (Å²) in [6.45, 7) is 0. The van der Waals surface area contributed by atoms with Gasteiger partial charge in [-0.15, -0.1) is 11.3 Å². The lowest BCUT2D eigenvalue weighted by Gasteiger charge is -2.10. The van der Waals surface area contributed by atoms with Gasteiger partial charge in [-0.1, -0.05) is 23.2 Å². The van der Waals surface area contributed by atoms with Gasteiger partial charge in [-0.2, -0.15) is 4.98 Å². The maximum Gasteiger partial charge on any atom is 0.240 e. The summed E-state index contributed by atoms with van der Waals surface area (Å²) in [7, 11) is 0. The van der Waals surface area contributed by atoms with Crippen molar-refractivity contribution in [2.24, 2.45) is 5.84 Å². The fourth-order valence-corrected chi connectivity index (χ4v) is 3.03. The number of hydrogen-bond acceptors (Lipinski definition) is 6. The Morgan fingerprint density at radius 2 is 1.90 bits per heavy atom. The van der Waals surface area contributed by atoms with Crippen LogP contribution in [-0.2, 0) is 0 Å². The van der Waals surface area contributed by atoms with Gasteiger partial charge in [0.2, 0.25) is 5.95 Å². The van der Waals surface area contributed by atoms with Crippen LogP contribution in [0.1, 0.15) is 0 Å². The maximum absolute atomic E-state index is 13.4. The van der Waals surface area contributed by atoms with Crippen molar-refractivity contribution in [2.45, 2.75) is 0 Å². The number of hydrazine groups is 1. The zero-order valence-electron chi connectivity index (χ0n) is 10.3. The number of rotatable bonds is 3. The van der Waals surface area contributed by atoms with Crippen molar-refractivity contribution in [1.82, 2.24) is 9.97 Å². The molecule has 2 heterocycles. The molecule has 0 atom stereocenters. The van der Waals surface area contributed by atoms with E-state index in [2.05, 4.69) is 20.7 Å². The van der Waals surface area contributed by atoms with Crippen LogP contribution in [0.3, 0.4) is 0 Å². The predicted molar refractivity (Wildman–Crippen MR) is 84.9 cm³/mol. The van der Waals surface area contributed by atoms with Crippen molar-refractivity contribution >= 4 is 62.2 Å². The van der Waals surface area contributed by atoms with Crippen LogP contribution in [-0.4, -0.2) is 9.97 Å². The number of benzene rings is 1. The van der Waals surface area contributed by atoms with E-state index in [4.69, 9.17) is 29.0 Å². The number of halogens is 3. The summed E-state index contributed by atoms with van der Waals surface area (Å²) < 4.78 is 13.4. The topological polar surface area (TPSA) is 75.9 Å². The highest BCUT2D eigenvalue weighted by Crippen LogP contribution is 2.32. The standard InChI is InChI=1S/C12H8Cl2FN5S/c13-7-3-5(4-8(14)9(7)15)17-10-6-1-2-21-11(6)19-12(18-10)20-16/h1-4H,16H2,(H2,17,18,19,20). The van der Waals surface area contributed by atoms with E-state index in [0.29, 0.717) is 11.5 Å². The van der Waals surface area contributed by atoms with Crippen LogP contribution >= 0.6 is 34.5 Å². The third kappa shape index (κ3) is 2.73. The van der Waals surface area contributed by atoms with Gasteiger partial charge in [0.25, 0.3) is 0 Å². The molecule has 9 heteroatoms. The molecule has 0 saturated heterocycles. The molecule has 0 unspecified atom stereocenters.